The Kier molecular flexibility index (Phi) is 11.1. The Bertz CT molecular complexity index is 555. The molecule has 30 heavy (non-hydrogen) atoms. The monoisotopic (exact) mass is 528 g/mol. The van der Waals surface area contributed by atoms with Gasteiger partial charge in [-0.1, -0.05) is 6.58 Å². The molecule has 0 unspecified atom stereocenters. The van der Waals surface area contributed by atoms with Crippen LogP contribution in [-0.2, 0) is 30.1 Å². The van der Waals surface area contributed by atoms with Gasteiger partial charge in [0.05, 0.1) is 0 Å². The molecular formula is C17H44O7Si6. The van der Waals surface area contributed by atoms with Crippen molar-refractivity contribution in [2.75, 3.05) is 6.23 Å². The first-order valence-corrected chi connectivity index (χ1v) is 27.3. The minimum absolute atomic E-state index is 0.0686. The van der Waals surface area contributed by atoms with Gasteiger partial charge in [-0.15, -0.1) is 0 Å². The van der Waals surface area contributed by atoms with Crippen LogP contribution in [0.2, 0.25) is 78.6 Å². The van der Waals surface area contributed by atoms with Gasteiger partial charge >= 0.3 is 24.3 Å². The number of ether oxygens (including phenoxy) is 1. The fraction of sp³-hybridized carbons (Fsp3) is 0.824. The maximum atomic E-state index is 12.2. The van der Waals surface area contributed by atoms with Gasteiger partial charge in [0.15, 0.2) is 39.5 Å². The molecule has 0 aliphatic heterocycles. The molecule has 0 saturated heterocycles. The quantitative estimate of drug-likeness (QED) is 0.194. The summed E-state index contributed by atoms with van der Waals surface area (Å²) >= 11 is 0. The maximum Gasteiger partial charge on any atom is 0.512 e. The van der Waals surface area contributed by atoms with Gasteiger partial charge in [-0.3, -0.25) is 0 Å². The molecule has 0 aliphatic carbocycles. The molecule has 0 spiro atoms. The van der Waals surface area contributed by atoms with Crippen LogP contribution in [0.3, 0.4) is 0 Å². The molecule has 0 fully saturated rings. The minimum atomic E-state index is -3.44. The van der Waals surface area contributed by atoms with Crippen LogP contribution in [0.15, 0.2) is 12.2 Å². The standard InChI is InChI=1S/C17H44O7Si6/c1-16(2)17(18)19-15-30(23-28(9,10)11,24-29(12,13)14)22-25(20-26(3,4)5)21-27(6,7)8/h25H,1,15H2,2-14H3. The molecule has 0 heterocycles. The van der Waals surface area contributed by atoms with Crippen molar-refractivity contribution in [3.8, 4) is 0 Å². The van der Waals surface area contributed by atoms with Gasteiger partial charge in [-0.05, 0) is 85.5 Å². The van der Waals surface area contributed by atoms with Crippen LogP contribution < -0.4 is 0 Å². The van der Waals surface area contributed by atoms with E-state index in [0.717, 1.165) is 0 Å². The molecule has 0 N–H and O–H groups in total. The first-order chi connectivity index (χ1) is 13.0. The van der Waals surface area contributed by atoms with Crippen LogP contribution in [0.25, 0.3) is 0 Å². The number of hydrogen-bond acceptors (Lipinski definition) is 7. The summed E-state index contributed by atoms with van der Waals surface area (Å²) in [7, 11) is -14.2. The molecule has 0 amide bonds. The van der Waals surface area contributed by atoms with E-state index in [2.05, 4.69) is 85.1 Å². The smallest absolute Gasteiger partial charge is 0.458 e. The molecule has 0 aromatic rings. The van der Waals surface area contributed by atoms with Crippen molar-refractivity contribution >= 4 is 57.6 Å². The molecule has 0 saturated carbocycles. The van der Waals surface area contributed by atoms with Gasteiger partial charge in [-0.25, -0.2) is 4.79 Å². The highest BCUT2D eigenvalue weighted by Crippen LogP contribution is 2.26. The van der Waals surface area contributed by atoms with Crippen LogP contribution >= 0.6 is 0 Å². The second-order valence-corrected chi connectivity index (χ2v) is 34.9. The Balaban J connectivity index is 6.17. The van der Waals surface area contributed by atoms with Crippen LogP contribution in [-0.4, -0.2) is 63.8 Å². The van der Waals surface area contributed by atoms with E-state index < -0.39 is 57.6 Å². The lowest BCUT2D eigenvalue weighted by atomic mass is 10.4. The SMILES string of the molecule is C=C(C)C(=O)OC[Si](O[SiH](O[Si](C)(C)C)O[Si](C)(C)C)(O[Si](C)(C)C)O[Si](C)(C)C. The van der Waals surface area contributed by atoms with Crippen molar-refractivity contribution in [2.24, 2.45) is 0 Å². The number of hydrogen-bond donors (Lipinski definition) is 0. The molecule has 178 valence electrons. The Morgan fingerprint density at radius 2 is 1.07 bits per heavy atom. The predicted octanol–water partition coefficient (Wildman–Crippen LogP) is 4.72. The van der Waals surface area contributed by atoms with E-state index in [4.69, 9.17) is 25.3 Å². The number of carbonyl (C=O) groups excluding carboxylic acids is 1. The zero-order valence-electron chi connectivity index (χ0n) is 21.3. The third kappa shape index (κ3) is 15.2. The summed E-state index contributed by atoms with van der Waals surface area (Å²) in [6.07, 6.45) is -0.0686. The second kappa shape index (κ2) is 11.0. The fourth-order valence-electron chi connectivity index (χ4n) is 2.17. The molecule has 13 heteroatoms. The lowest BCUT2D eigenvalue weighted by Crippen LogP contribution is -2.64. The highest BCUT2D eigenvalue weighted by molar-refractivity contribution is 6.89. The van der Waals surface area contributed by atoms with Gasteiger partial charge in [0.25, 0.3) is 0 Å². The van der Waals surface area contributed by atoms with E-state index in [1.54, 1.807) is 6.92 Å². The van der Waals surface area contributed by atoms with Crippen molar-refractivity contribution < 1.29 is 30.1 Å². The lowest BCUT2D eigenvalue weighted by Gasteiger charge is -2.41. The van der Waals surface area contributed by atoms with Gasteiger partial charge < -0.3 is 25.3 Å². The summed E-state index contributed by atoms with van der Waals surface area (Å²) in [6.45, 7) is 30.3. The molecular weight excluding hydrogens is 485 g/mol. The number of esters is 1. The van der Waals surface area contributed by atoms with Crippen molar-refractivity contribution in [1.29, 1.82) is 0 Å². The molecule has 0 aliphatic rings. The van der Waals surface area contributed by atoms with Crippen LogP contribution in [0.1, 0.15) is 6.92 Å². The topological polar surface area (TPSA) is 72.5 Å². The van der Waals surface area contributed by atoms with Gasteiger partial charge in [0.1, 0.15) is 0 Å². The average Bonchev–Trinajstić information content (AvgIpc) is 2.36. The van der Waals surface area contributed by atoms with Crippen molar-refractivity contribution in [1.82, 2.24) is 0 Å². The summed E-state index contributed by atoms with van der Waals surface area (Å²) in [6, 6.07) is 0. The summed E-state index contributed by atoms with van der Waals surface area (Å²) in [5.41, 5.74) is 0.324. The van der Waals surface area contributed by atoms with Gasteiger partial charge in [0, 0.05) is 5.57 Å². The van der Waals surface area contributed by atoms with Crippen LogP contribution in [0, 0.1) is 0 Å². The summed E-state index contributed by atoms with van der Waals surface area (Å²) in [5, 5.41) is 0. The van der Waals surface area contributed by atoms with E-state index >= 15 is 0 Å². The highest BCUT2D eigenvalue weighted by atomic mass is 28.5. The first-order valence-electron chi connectivity index (χ1n) is 10.3. The van der Waals surface area contributed by atoms with E-state index in [1.807, 2.05) is 0 Å². The Morgan fingerprint density at radius 1 is 0.700 bits per heavy atom. The fourth-order valence-corrected chi connectivity index (χ4v) is 20.1. The van der Waals surface area contributed by atoms with Crippen molar-refractivity contribution in [3.05, 3.63) is 12.2 Å². The zero-order chi connectivity index (χ0) is 24.2. The first kappa shape index (κ1) is 30.3. The third-order valence-corrected chi connectivity index (χ3v) is 20.1. The Labute approximate surface area is 191 Å². The van der Waals surface area contributed by atoms with E-state index in [0.29, 0.717) is 5.57 Å². The Morgan fingerprint density at radius 3 is 1.33 bits per heavy atom. The third-order valence-electron chi connectivity index (χ3n) is 2.83. The highest BCUT2D eigenvalue weighted by Gasteiger charge is 2.52. The maximum absolute atomic E-state index is 12.2. The minimum Gasteiger partial charge on any atom is -0.458 e. The second-order valence-electron chi connectivity index (χ2n) is 11.3. The summed E-state index contributed by atoms with van der Waals surface area (Å²) in [4.78, 5) is 12.2. The Hall–Kier alpha value is 0.311. The zero-order valence-corrected chi connectivity index (χ0v) is 27.5. The molecule has 7 nitrogen and oxygen atoms in total. The van der Waals surface area contributed by atoms with E-state index in [-0.39, 0.29) is 6.23 Å². The van der Waals surface area contributed by atoms with Crippen LogP contribution in [0.5, 0.6) is 0 Å². The molecule has 0 bridgehead atoms. The van der Waals surface area contributed by atoms with Crippen molar-refractivity contribution in [3.63, 3.8) is 0 Å². The molecule has 0 aromatic heterocycles. The molecule has 0 aromatic carbocycles. The van der Waals surface area contributed by atoms with Crippen molar-refractivity contribution in [2.45, 2.75) is 85.5 Å². The molecule has 0 atom stereocenters. The van der Waals surface area contributed by atoms with E-state index in [9.17, 15) is 4.79 Å². The number of carbonyl (C=O) groups is 1. The molecule has 0 radical (unpaired) electrons. The lowest BCUT2D eigenvalue weighted by molar-refractivity contribution is -0.138. The normalized spacial score (nSPS) is 14.2. The summed E-state index contributed by atoms with van der Waals surface area (Å²) < 4.78 is 38.0. The summed E-state index contributed by atoms with van der Waals surface area (Å²) in [5.74, 6) is -0.482. The van der Waals surface area contributed by atoms with E-state index in [1.165, 1.54) is 0 Å². The van der Waals surface area contributed by atoms with Gasteiger partial charge in [-0.2, -0.15) is 0 Å². The average molecular weight is 529 g/mol. The van der Waals surface area contributed by atoms with Gasteiger partial charge in [0.2, 0.25) is 0 Å². The van der Waals surface area contributed by atoms with Crippen LogP contribution in [0.4, 0.5) is 0 Å². The molecule has 0 rings (SSSR count). The predicted molar refractivity (Wildman–Crippen MR) is 137 cm³/mol. The largest absolute Gasteiger partial charge is 0.512 e. The number of rotatable bonds is 13.